The van der Waals surface area contributed by atoms with Gasteiger partial charge in [0.1, 0.15) is 5.82 Å². The van der Waals surface area contributed by atoms with Gasteiger partial charge in [0.15, 0.2) is 0 Å². The van der Waals surface area contributed by atoms with Crippen LogP contribution in [0, 0.1) is 17.7 Å². The van der Waals surface area contributed by atoms with Crippen molar-refractivity contribution in [3.8, 4) is 0 Å². The molecule has 1 fully saturated rings. The second-order valence-corrected chi connectivity index (χ2v) is 6.55. The van der Waals surface area contributed by atoms with E-state index in [1.54, 1.807) is 12.1 Å². The molecule has 1 nitrogen and oxygen atoms in total. The first-order valence-corrected chi connectivity index (χ1v) is 8.08. The van der Waals surface area contributed by atoms with Crippen molar-refractivity contribution in [2.75, 3.05) is 6.54 Å². The van der Waals surface area contributed by atoms with Crippen LogP contribution in [0.4, 0.5) is 4.39 Å². The Bertz CT molecular complexity index is 421. The fourth-order valence-electron chi connectivity index (χ4n) is 3.12. The monoisotopic (exact) mass is 327 g/mol. The molecule has 1 aromatic rings. The van der Waals surface area contributed by atoms with E-state index >= 15 is 0 Å². The Morgan fingerprint density at radius 3 is 2.84 bits per heavy atom. The molecule has 3 unspecified atom stereocenters. The average Bonchev–Trinajstić information content (AvgIpc) is 2.72. The predicted octanol–water partition coefficient (Wildman–Crippen LogP) is 4.55. The van der Waals surface area contributed by atoms with Crippen LogP contribution in [0.15, 0.2) is 22.7 Å². The largest absolute Gasteiger partial charge is 0.314 e. The molecule has 0 saturated heterocycles. The van der Waals surface area contributed by atoms with Gasteiger partial charge in [0.05, 0.1) is 0 Å². The van der Waals surface area contributed by atoms with E-state index < -0.39 is 0 Å². The van der Waals surface area contributed by atoms with Crippen molar-refractivity contribution in [2.24, 2.45) is 11.8 Å². The summed E-state index contributed by atoms with van der Waals surface area (Å²) in [5.74, 6) is 1.23. The van der Waals surface area contributed by atoms with Crippen LogP contribution >= 0.6 is 15.9 Å². The molecule has 3 atom stereocenters. The molecule has 1 aliphatic rings. The average molecular weight is 328 g/mol. The van der Waals surface area contributed by atoms with Gasteiger partial charge in [-0.25, -0.2) is 4.39 Å². The van der Waals surface area contributed by atoms with Crippen molar-refractivity contribution in [3.05, 3.63) is 34.1 Å². The lowest BCUT2D eigenvalue weighted by Crippen LogP contribution is -2.33. The Hall–Kier alpha value is -0.410. The quantitative estimate of drug-likeness (QED) is 0.836. The van der Waals surface area contributed by atoms with E-state index in [2.05, 4.69) is 35.1 Å². The van der Waals surface area contributed by atoms with Crippen LogP contribution in [0.3, 0.4) is 0 Å². The van der Waals surface area contributed by atoms with Crippen molar-refractivity contribution < 1.29 is 4.39 Å². The molecule has 1 saturated carbocycles. The molecule has 0 amide bonds. The predicted molar refractivity (Wildman–Crippen MR) is 81.8 cm³/mol. The first kappa shape index (κ1) is 15.0. The standard InChI is InChI=1S/C16H23BrFN/c1-3-8-19-16-7-5-12(11(16)2)9-13-4-6-14(18)10-15(13)17/h4,6,10-12,16,19H,3,5,7-9H2,1-2H3. The molecule has 3 heteroatoms. The molecule has 106 valence electrons. The molecule has 1 aliphatic carbocycles. The zero-order valence-electron chi connectivity index (χ0n) is 11.8. The van der Waals surface area contributed by atoms with Crippen LogP contribution in [0.25, 0.3) is 0 Å². The topological polar surface area (TPSA) is 12.0 Å². The van der Waals surface area contributed by atoms with E-state index in [1.807, 2.05) is 6.07 Å². The van der Waals surface area contributed by atoms with Crippen LogP contribution in [-0.2, 0) is 6.42 Å². The highest BCUT2D eigenvalue weighted by Gasteiger charge is 2.32. The minimum absolute atomic E-state index is 0.169. The second kappa shape index (κ2) is 6.85. The van der Waals surface area contributed by atoms with E-state index in [1.165, 1.54) is 24.8 Å². The lowest BCUT2D eigenvalue weighted by molar-refractivity contribution is 0.351. The van der Waals surface area contributed by atoms with Gasteiger partial charge in [-0.1, -0.05) is 35.8 Å². The molecule has 0 aromatic heterocycles. The molecule has 0 spiro atoms. The fraction of sp³-hybridized carbons (Fsp3) is 0.625. The van der Waals surface area contributed by atoms with Crippen molar-refractivity contribution in [3.63, 3.8) is 0 Å². The molecular formula is C16H23BrFN. The van der Waals surface area contributed by atoms with Crippen LogP contribution in [0.2, 0.25) is 0 Å². The maximum Gasteiger partial charge on any atom is 0.124 e. The van der Waals surface area contributed by atoms with Gasteiger partial charge in [0, 0.05) is 10.5 Å². The molecule has 0 radical (unpaired) electrons. The van der Waals surface area contributed by atoms with Gasteiger partial charge in [0.2, 0.25) is 0 Å². The maximum atomic E-state index is 13.1. The van der Waals surface area contributed by atoms with E-state index in [0.29, 0.717) is 17.9 Å². The van der Waals surface area contributed by atoms with Gasteiger partial charge >= 0.3 is 0 Å². The zero-order valence-corrected chi connectivity index (χ0v) is 13.3. The highest BCUT2D eigenvalue weighted by atomic mass is 79.9. The minimum Gasteiger partial charge on any atom is -0.314 e. The lowest BCUT2D eigenvalue weighted by Gasteiger charge is -2.22. The number of hydrogen-bond acceptors (Lipinski definition) is 1. The van der Waals surface area contributed by atoms with Crippen molar-refractivity contribution in [1.82, 2.24) is 5.32 Å². The van der Waals surface area contributed by atoms with E-state index in [9.17, 15) is 4.39 Å². The molecule has 2 rings (SSSR count). The molecule has 1 N–H and O–H groups in total. The summed E-state index contributed by atoms with van der Waals surface area (Å²) in [7, 11) is 0. The Balaban J connectivity index is 1.96. The minimum atomic E-state index is -0.169. The molecule has 0 bridgehead atoms. The third-order valence-corrected chi connectivity index (χ3v) is 5.12. The van der Waals surface area contributed by atoms with Gasteiger partial charge in [-0.15, -0.1) is 0 Å². The summed E-state index contributed by atoms with van der Waals surface area (Å²) >= 11 is 3.48. The van der Waals surface area contributed by atoms with Crippen LogP contribution in [-0.4, -0.2) is 12.6 Å². The molecule has 0 aliphatic heterocycles. The summed E-state index contributed by atoms with van der Waals surface area (Å²) in [5, 5.41) is 3.65. The van der Waals surface area contributed by atoms with E-state index in [4.69, 9.17) is 0 Å². The van der Waals surface area contributed by atoms with E-state index in [0.717, 1.165) is 17.4 Å². The summed E-state index contributed by atoms with van der Waals surface area (Å²) < 4.78 is 14.0. The van der Waals surface area contributed by atoms with Crippen LogP contribution < -0.4 is 5.32 Å². The number of rotatable bonds is 5. The fourth-order valence-corrected chi connectivity index (χ4v) is 3.64. The second-order valence-electron chi connectivity index (χ2n) is 5.70. The smallest absolute Gasteiger partial charge is 0.124 e. The Labute approximate surface area is 124 Å². The summed E-state index contributed by atoms with van der Waals surface area (Å²) in [5.41, 5.74) is 1.23. The van der Waals surface area contributed by atoms with Crippen molar-refractivity contribution in [1.29, 1.82) is 0 Å². The summed E-state index contributed by atoms with van der Waals surface area (Å²) in [6.07, 6.45) is 4.78. The summed E-state index contributed by atoms with van der Waals surface area (Å²) in [4.78, 5) is 0. The van der Waals surface area contributed by atoms with Crippen LogP contribution in [0.1, 0.15) is 38.7 Å². The number of halogens is 2. The Kier molecular flexibility index (Phi) is 5.40. The summed E-state index contributed by atoms with van der Waals surface area (Å²) in [6.45, 7) is 5.67. The normalized spacial score (nSPS) is 26.8. The lowest BCUT2D eigenvalue weighted by atomic mass is 9.89. The molecular weight excluding hydrogens is 305 g/mol. The van der Waals surface area contributed by atoms with Gasteiger partial charge < -0.3 is 5.32 Å². The highest BCUT2D eigenvalue weighted by Crippen LogP contribution is 2.35. The Morgan fingerprint density at radius 2 is 2.16 bits per heavy atom. The van der Waals surface area contributed by atoms with Crippen molar-refractivity contribution >= 4 is 15.9 Å². The Morgan fingerprint density at radius 1 is 1.37 bits per heavy atom. The van der Waals surface area contributed by atoms with Crippen molar-refractivity contribution in [2.45, 2.75) is 45.6 Å². The first-order chi connectivity index (χ1) is 9.11. The summed E-state index contributed by atoms with van der Waals surface area (Å²) in [6, 6.07) is 5.71. The molecule has 0 heterocycles. The number of nitrogens with one attached hydrogen (secondary N) is 1. The first-order valence-electron chi connectivity index (χ1n) is 7.29. The zero-order chi connectivity index (χ0) is 13.8. The third-order valence-electron chi connectivity index (χ3n) is 4.38. The number of benzene rings is 1. The molecule has 19 heavy (non-hydrogen) atoms. The molecule has 1 aromatic carbocycles. The van der Waals surface area contributed by atoms with E-state index in [-0.39, 0.29) is 5.82 Å². The van der Waals surface area contributed by atoms with Gasteiger partial charge in [-0.3, -0.25) is 0 Å². The maximum absolute atomic E-state index is 13.1. The number of hydrogen-bond donors (Lipinski definition) is 1. The van der Waals surface area contributed by atoms with Gasteiger partial charge in [0.25, 0.3) is 0 Å². The van der Waals surface area contributed by atoms with Crippen LogP contribution in [0.5, 0.6) is 0 Å². The van der Waals surface area contributed by atoms with Gasteiger partial charge in [-0.05, 0) is 61.8 Å². The highest BCUT2D eigenvalue weighted by molar-refractivity contribution is 9.10. The third kappa shape index (κ3) is 3.79. The van der Waals surface area contributed by atoms with Gasteiger partial charge in [-0.2, -0.15) is 0 Å². The SMILES string of the molecule is CCCNC1CCC(Cc2ccc(F)cc2Br)C1C.